The number of phenols is 1. The molecule has 0 aliphatic heterocycles. The van der Waals surface area contributed by atoms with Crippen molar-refractivity contribution in [3.05, 3.63) is 40.5 Å². The number of phenolic OH excluding ortho intramolecular Hbond substituents is 1. The molecule has 1 aromatic rings. The number of nitro benzene ring substituents is 1. The standard InChI is InChI=1S/C12H14N4O4S/c1-3-4-13-12(21)15-14-7-8-5-9(16(18)19)11(17)10(6-8)20-2/h3,5-7,17H,1,4H2,2H3,(H2,13,15,21). The van der Waals surface area contributed by atoms with Gasteiger partial charge in [0.05, 0.1) is 18.2 Å². The van der Waals surface area contributed by atoms with Crippen LogP contribution in [0, 0.1) is 10.1 Å². The summed E-state index contributed by atoms with van der Waals surface area (Å²) in [6, 6.07) is 2.58. The van der Waals surface area contributed by atoms with E-state index in [0.29, 0.717) is 12.1 Å². The number of ether oxygens (including phenoxy) is 1. The maximum Gasteiger partial charge on any atom is 0.315 e. The van der Waals surface area contributed by atoms with Gasteiger partial charge in [-0.25, -0.2) is 0 Å². The van der Waals surface area contributed by atoms with Gasteiger partial charge < -0.3 is 15.2 Å². The lowest BCUT2D eigenvalue weighted by atomic mass is 10.2. The van der Waals surface area contributed by atoms with Crippen LogP contribution in [-0.4, -0.2) is 35.0 Å². The summed E-state index contributed by atoms with van der Waals surface area (Å²) in [5.41, 5.74) is 2.44. The first kappa shape index (κ1) is 16.4. The molecule has 3 N–H and O–H groups in total. The molecule has 0 aliphatic rings. The van der Waals surface area contributed by atoms with Crippen LogP contribution in [0.1, 0.15) is 5.56 Å². The van der Waals surface area contributed by atoms with Crippen molar-refractivity contribution < 1.29 is 14.8 Å². The molecule has 0 aliphatic carbocycles. The lowest BCUT2D eigenvalue weighted by Crippen LogP contribution is -2.31. The van der Waals surface area contributed by atoms with Crippen molar-refractivity contribution in [1.82, 2.24) is 10.7 Å². The maximum atomic E-state index is 10.8. The SMILES string of the molecule is C=CCNC(=S)NN=Cc1cc(OC)c(O)c([N+](=O)[O-])c1. The van der Waals surface area contributed by atoms with Crippen molar-refractivity contribution in [3.63, 3.8) is 0 Å². The fraction of sp³-hybridized carbons (Fsp3) is 0.167. The number of methoxy groups -OCH3 is 1. The third kappa shape index (κ3) is 4.73. The van der Waals surface area contributed by atoms with Crippen molar-refractivity contribution in [2.75, 3.05) is 13.7 Å². The predicted molar refractivity (Wildman–Crippen MR) is 82.8 cm³/mol. The molecular formula is C12H14N4O4S. The molecule has 0 radical (unpaired) electrons. The molecule has 0 unspecified atom stereocenters. The highest BCUT2D eigenvalue weighted by Gasteiger charge is 2.19. The zero-order valence-corrected chi connectivity index (χ0v) is 12.0. The summed E-state index contributed by atoms with van der Waals surface area (Å²) in [6.45, 7) is 4.01. The summed E-state index contributed by atoms with van der Waals surface area (Å²) in [6.07, 6.45) is 2.95. The molecule has 1 aromatic carbocycles. The Bertz CT molecular complexity index is 589. The van der Waals surface area contributed by atoms with E-state index in [1.54, 1.807) is 6.08 Å². The molecule has 0 heterocycles. The Balaban J connectivity index is 2.88. The minimum atomic E-state index is -0.709. The second-order valence-electron chi connectivity index (χ2n) is 3.72. The van der Waals surface area contributed by atoms with Crippen LogP contribution < -0.4 is 15.5 Å². The van der Waals surface area contributed by atoms with Crippen LogP contribution in [0.25, 0.3) is 0 Å². The van der Waals surface area contributed by atoms with E-state index in [2.05, 4.69) is 22.4 Å². The number of nitrogens with zero attached hydrogens (tertiary/aromatic N) is 2. The number of aromatic hydroxyl groups is 1. The van der Waals surface area contributed by atoms with Crippen LogP contribution in [-0.2, 0) is 0 Å². The number of hydrazone groups is 1. The van der Waals surface area contributed by atoms with E-state index in [0.717, 1.165) is 0 Å². The van der Waals surface area contributed by atoms with Gasteiger partial charge in [0.25, 0.3) is 0 Å². The largest absolute Gasteiger partial charge is 0.500 e. The molecule has 0 atom stereocenters. The number of thiocarbonyl (C=S) groups is 1. The Hall–Kier alpha value is -2.68. The third-order valence-electron chi connectivity index (χ3n) is 2.28. The highest BCUT2D eigenvalue weighted by molar-refractivity contribution is 7.80. The van der Waals surface area contributed by atoms with Crippen LogP contribution in [0.2, 0.25) is 0 Å². The van der Waals surface area contributed by atoms with E-state index < -0.39 is 16.4 Å². The van der Waals surface area contributed by atoms with Crippen molar-refractivity contribution in [1.29, 1.82) is 0 Å². The first-order valence-corrected chi connectivity index (χ1v) is 6.13. The van der Waals surface area contributed by atoms with Gasteiger partial charge >= 0.3 is 5.69 Å². The number of rotatable bonds is 6. The van der Waals surface area contributed by atoms with E-state index in [-0.39, 0.29) is 10.9 Å². The van der Waals surface area contributed by atoms with Crippen LogP contribution in [0.15, 0.2) is 29.9 Å². The monoisotopic (exact) mass is 310 g/mol. The lowest BCUT2D eigenvalue weighted by Gasteiger charge is -2.05. The van der Waals surface area contributed by atoms with Gasteiger partial charge in [-0.05, 0) is 18.3 Å². The van der Waals surface area contributed by atoms with E-state index in [4.69, 9.17) is 17.0 Å². The van der Waals surface area contributed by atoms with E-state index >= 15 is 0 Å². The Morgan fingerprint density at radius 1 is 1.67 bits per heavy atom. The summed E-state index contributed by atoms with van der Waals surface area (Å²) in [5, 5.41) is 27.4. The summed E-state index contributed by atoms with van der Waals surface area (Å²) in [4.78, 5) is 10.1. The molecule has 0 bridgehead atoms. The number of nitro groups is 1. The van der Waals surface area contributed by atoms with Gasteiger partial charge in [-0.1, -0.05) is 6.08 Å². The topological polar surface area (TPSA) is 109 Å². The van der Waals surface area contributed by atoms with Gasteiger partial charge in [0.2, 0.25) is 5.75 Å². The third-order valence-corrected chi connectivity index (χ3v) is 2.52. The smallest absolute Gasteiger partial charge is 0.315 e. The van der Waals surface area contributed by atoms with Crippen molar-refractivity contribution in [2.24, 2.45) is 5.10 Å². The number of hydrogen-bond acceptors (Lipinski definition) is 6. The molecule has 0 saturated carbocycles. The molecular weight excluding hydrogens is 296 g/mol. The number of hydrogen-bond donors (Lipinski definition) is 3. The first-order chi connectivity index (χ1) is 9.99. The minimum absolute atomic E-state index is 0.0157. The van der Waals surface area contributed by atoms with E-state index in [1.807, 2.05) is 0 Å². The molecule has 0 spiro atoms. The number of nitrogens with one attached hydrogen (secondary N) is 2. The van der Waals surface area contributed by atoms with Gasteiger partial charge in [-0.3, -0.25) is 15.5 Å². The average molecular weight is 310 g/mol. The molecule has 9 heteroatoms. The molecule has 0 saturated heterocycles. The summed E-state index contributed by atoms with van der Waals surface area (Å²) in [7, 11) is 1.30. The van der Waals surface area contributed by atoms with Gasteiger partial charge in [0.15, 0.2) is 10.9 Å². The van der Waals surface area contributed by atoms with Crippen molar-refractivity contribution in [2.45, 2.75) is 0 Å². The van der Waals surface area contributed by atoms with Crippen LogP contribution in [0.4, 0.5) is 5.69 Å². The summed E-state index contributed by atoms with van der Waals surface area (Å²) >= 11 is 4.91. The highest BCUT2D eigenvalue weighted by atomic mass is 32.1. The Labute approximate surface area is 126 Å². The Morgan fingerprint density at radius 2 is 2.38 bits per heavy atom. The molecule has 0 aromatic heterocycles. The van der Waals surface area contributed by atoms with Crippen LogP contribution in [0.3, 0.4) is 0 Å². The van der Waals surface area contributed by atoms with E-state index in [1.165, 1.54) is 25.5 Å². The summed E-state index contributed by atoms with van der Waals surface area (Å²) in [5.74, 6) is -0.547. The Kier molecular flexibility index (Phi) is 6.08. The fourth-order valence-electron chi connectivity index (χ4n) is 1.35. The minimum Gasteiger partial charge on any atom is -0.500 e. The van der Waals surface area contributed by atoms with Gasteiger partial charge in [0, 0.05) is 18.2 Å². The molecule has 21 heavy (non-hydrogen) atoms. The first-order valence-electron chi connectivity index (χ1n) is 5.72. The molecule has 0 fully saturated rings. The maximum absolute atomic E-state index is 10.8. The van der Waals surface area contributed by atoms with Crippen LogP contribution in [0.5, 0.6) is 11.5 Å². The molecule has 8 nitrogen and oxygen atoms in total. The average Bonchev–Trinajstić information content (AvgIpc) is 2.46. The predicted octanol–water partition coefficient (Wildman–Crippen LogP) is 1.29. The van der Waals surface area contributed by atoms with Gasteiger partial charge in [-0.15, -0.1) is 6.58 Å². The zero-order valence-electron chi connectivity index (χ0n) is 11.2. The highest BCUT2D eigenvalue weighted by Crippen LogP contribution is 2.36. The van der Waals surface area contributed by atoms with Crippen molar-refractivity contribution in [3.8, 4) is 11.5 Å². The zero-order chi connectivity index (χ0) is 15.8. The molecule has 1 rings (SSSR count). The lowest BCUT2D eigenvalue weighted by molar-refractivity contribution is -0.386. The second kappa shape index (κ2) is 7.80. The van der Waals surface area contributed by atoms with Gasteiger partial charge in [0.1, 0.15) is 0 Å². The number of benzene rings is 1. The van der Waals surface area contributed by atoms with E-state index in [9.17, 15) is 15.2 Å². The summed E-state index contributed by atoms with van der Waals surface area (Å²) < 4.78 is 4.87. The second-order valence-corrected chi connectivity index (χ2v) is 4.12. The van der Waals surface area contributed by atoms with Gasteiger partial charge in [-0.2, -0.15) is 5.10 Å². The molecule has 112 valence electrons. The van der Waals surface area contributed by atoms with Crippen molar-refractivity contribution >= 4 is 29.2 Å². The Morgan fingerprint density at radius 3 is 2.95 bits per heavy atom. The molecule has 0 amide bonds. The fourth-order valence-corrected chi connectivity index (χ4v) is 1.49. The quantitative estimate of drug-likeness (QED) is 0.239. The normalized spacial score (nSPS) is 10.1. The van der Waals surface area contributed by atoms with Crippen LogP contribution >= 0.6 is 12.2 Å².